The molecule has 2 rings (SSSR count). The van der Waals surface area contributed by atoms with Gasteiger partial charge in [0.15, 0.2) is 11.6 Å². The van der Waals surface area contributed by atoms with Crippen LogP contribution in [0.25, 0.3) is 0 Å². The van der Waals surface area contributed by atoms with Gasteiger partial charge in [-0.1, -0.05) is 22.0 Å². The van der Waals surface area contributed by atoms with Crippen LogP contribution in [0.4, 0.5) is 15.8 Å². The van der Waals surface area contributed by atoms with Crippen molar-refractivity contribution in [2.24, 2.45) is 0 Å². The van der Waals surface area contributed by atoms with E-state index in [0.29, 0.717) is 6.54 Å². The molecule has 0 spiro atoms. The Morgan fingerprint density at radius 2 is 1.95 bits per heavy atom. The minimum absolute atomic E-state index is 0.259. The third-order valence-electron chi connectivity index (χ3n) is 3.14. The molecular weight excluding hydrogens is 335 g/mol. The first-order valence-electron chi connectivity index (χ1n) is 6.54. The van der Waals surface area contributed by atoms with Gasteiger partial charge in [0.25, 0.3) is 0 Å². The van der Waals surface area contributed by atoms with Gasteiger partial charge in [-0.25, -0.2) is 4.39 Å². The Morgan fingerprint density at radius 1 is 1.19 bits per heavy atom. The maximum absolute atomic E-state index is 13.7. The van der Waals surface area contributed by atoms with Gasteiger partial charge >= 0.3 is 0 Å². The predicted octanol–water partition coefficient (Wildman–Crippen LogP) is 4.27. The Morgan fingerprint density at radius 3 is 2.57 bits per heavy atom. The summed E-state index contributed by atoms with van der Waals surface area (Å²) in [6.07, 6.45) is 0. The highest BCUT2D eigenvalue weighted by Crippen LogP contribution is 2.28. The Bertz CT molecular complexity index is 632. The van der Waals surface area contributed by atoms with E-state index in [1.807, 2.05) is 43.3 Å². The third kappa shape index (κ3) is 3.88. The number of ether oxygens (including phenoxy) is 1. The van der Waals surface area contributed by atoms with Crippen LogP contribution in [-0.2, 0) is 6.54 Å². The van der Waals surface area contributed by atoms with E-state index in [2.05, 4.69) is 21.2 Å². The van der Waals surface area contributed by atoms with Gasteiger partial charge in [0, 0.05) is 25.1 Å². The van der Waals surface area contributed by atoms with Gasteiger partial charge in [-0.3, -0.25) is 0 Å². The molecule has 0 fully saturated rings. The van der Waals surface area contributed by atoms with Crippen molar-refractivity contribution in [2.75, 3.05) is 31.4 Å². The molecule has 0 aliphatic rings. The maximum atomic E-state index is 13.7. The lowest BCUT2D eigenvalue weighted by Crippen LogP contribution is -2.12. The number of nitrogens with one attached hydrogen (secondary N) is 1. The minimum atomic E-state index is -0.348. The molecule has 112 valence electrons. The van der Waals surface area contributed by atoms with Crippen molar-refractivity contribution in [1.82, 2.24) is 0 Å². The van der Waals surface area contributed by atoms with Crippen molar-refractivity contribution in [1.29, 1.82) is 0 Å². The van der Waals surface area contributed by atoms with E-state index in [-0.39, 0.29) is 11.6 Å². The van der Waals surface area contributed by atoms with Crippen LogP contribution in [0.1, 0.15) is 5.56 Å². The van der Waals surface area contributed by atoms with Crippen molar-refractivity contribution in [2.45, 2.75) is 6.54 Å². The molecule has 0 aromatic heterocycles. The lowest BCUT2D eigenvalue weighted by molar-refractivity contribution is 0.386. The zero-order valence-corrected chi connectivity index (χ0v) is 13.9. The third-order valence-corrected chi connectivity index (χ3v) is 3.63. The van der Waals surface area contributed by atoms with E-state index in [1.54, 1.807) is 6.07 Å². The van der Waals surface area contributed by atoms with Gasteiger partial charge < -0.3 is 15.0 Å². The van der Waals surface area contributed by atoms with Gasteiger partial charge in [0.05, 0.1) is 18.5 Å². The SMILES string of the molecule is COc1ccc(CNc2cc(Br)ccc2N(C)C)cc1F. The standard InChI is InChI=1S/C16H18BrFN2O/c1-20(2)15-6-5-12(17)9-14(15)19-10-11-4-7-16(21-3)13(18)8-11/h4-9,19H,10H2,1-3H3. The predicted molar refractivity (Wildman–Crippen MR) is 88.7 cm³/mol. The summed E-state index contributed by atoms with van der Waals surface area (Å²) in [5, 5.41) is 3.34. The number of hydrogen-bond acceptors (Lipinski definition) is 3. The molecule has 0 aliphatic heterocycles. The van der Waals surface area contributed by atoms with Crippen molar-refractivity contribution in [3.8, 4) is 5.75 Å². The van der Waals surface area contributed by atoms with Gasteiger partial charge in [0.1, 0.15) is 0 Å². The Labute approximate surface area is 132 Å². The molecule has 0 radical (unpaired) electrons. The fourth-order valence-electron chi connectivity index (χ4n) is 2.06. The summed E-state index contributed by atoms with van der Waals surface area (Å²) < 4.78 is 19.6. The second-order valence-electron chi connectivity index (χ2n) is 4.88. The number of rotatable bonds is 5. The zero-order chi connectivity index (χ0) is 15.4. The number of nitrogens with zero attached hydrogens (tertiary/aromatic N) is 1. The smallest absolute Gasteiger partial charge is 0.165 e. The summed E-state index contributed by atoms with van der Waals surface area (Å²) >= 11 is 3.47. The molecule has 0 amide bonds. The highest BCUT2D eigenvalue weighted by molar-refractivity contribution is 9.10. The van der Waals surface area contributed by atoms with Crippen molar-refractivity contribution >= 4 is 27.3 Å². The fraction of sp³-hybridized carbons (Fsp3) is 0.250. The van der Waals surface area contributed by atoms with Gasteiger partial charge in [-0.05, 0) is 35.9 Å². The lowest BCUT2D eigenvalue weighted by atomic mass is 10.2. The van der Waals surface area contributed by atoms with E-state index < -0.39 is 0 Å². The molecule has 0 saturated carbocycles. The van der Waals surface area contributed by atoms with Crippen LogP contribution in [0.5, 0.6) is 5.75 Å². The average Bonchev–Trinajstić information content (AvgIpc) is 2.45. The second-order valence-corrected chi connectivity index (χ2v) is 5.79. The second kappa shape index (κ2) is 6.80. The Balaban J connectivity index is 2.16. The number of halogens is 2. The molecule has 1 N–H and O–H groups in total. The number of methoxy groups -OCH3 is 1. The summed E-state index contributed by atoms with van der Waals surface area (Å²) in [6.45, 7) is 0.540. The van der Waals surface area contributed by atoms with E-state index in [4.69, 9.17) is 4.74 Å². The van der Waals surface area contributed by atoms with Crippen molar-refractivity contribution < 1.29 is 9.13 Å². The topological polar surface area (TPSA) is 24.5 Å². The number of anilines is 2. The van der Waals surface area contributed by atoms with Crippen molar-refractivity contribution in [3.63, 3.8) is 0 Å². The average molecular weight is 353 g/mol. The summed E-state index contributed by atoms with van der Waals surface area (Å²) in [7, 11) is 5.43. The molecule has 0 bridgehead atoms. The number of benzene rings is 2. The quantitative estimate of drug-likeness (QED) is 0.869. The molecule has 2 aromatic rings. The molecule has 0 heterocycles. The maximum Gasteiger partial charge on any atom is 0.165 e. The zero-order valence-electron chi connectivity index (χ0n) is 12.3. The van der Waals surface area contributed by atoms with Crippen LogP contribution >= 0.6 is 15.9 Å². The largest absolute Gasteiger partial charge is 0.494 e. The summed E-state index contributed by atoms with van der Waals surface area (Å²) in [6, 6.07) is 11.0. The van der Waals surface area contributed by atoms with Gasteiger partial charge in [0.2, 0.25) is 0 Å². The van der Waals surface area contributed by atoms with Crippen LogP contribution in [0.2, 0.25) is 0 Å². The normalized spacial score (nSPS) is 10.3. The summed E-state index contributed by atoms with van der Waals surface area (Å²) in [4.78, 5) is 2.03. The molecule has 2 aromatic carbocycles. The van der Waals surface area contributed by atoms with Crippen LogP contribution in [0.15, 0.2) is 40.9 Å². The van der Waals surface area contributed by atoms with E-state index in [1.165, 1.54) is 13.2 Å². The molecule has 21 heavy (non-hydrogen) atoms. The molecule has 0 atom stereocenters. The molecule has 5 heteroatoms. The monoisotopic (exact) mass is 352 g/mol. The molecule has 0 unspecified atom stereocenters. The first-order chi connectivity index (χ1) is 10.0. The van der Waals surface area contributed by atoms with Gasteiger partial charge in [-0.2, -0.15) is 0 Å². The van der Waals surface area contributed by atoms with E-state index >= 15 is 0 Å². The van der Waals surface area contributed by atoms with Crippen molar-refractivity contribution in [3.05, 3.63) is 52.3 Å². The van der Waals surface area contributed by atoms with Crippen LogP contribution < -0.4 is 15.0 Å². The highest BCUT2D eigenvalue weighted by atomic mass is 79.9. The van der Waals surface area contributed by atoms with E-state index in [9.17, 15) is 4.39 Å². The highest BCUT2D eigenvalue weighted by Gasteiger charge is 2.07. The molecular formula is C16H18BrFN2O. The van der Waals surface area contributed by atoms with Gasteiger partial charge in [-0.15, -0.1) is 0 Å². The molecule has 0 aliphatic carbocycles. The van der Waals surface area contributed by atoms with E-state index in [0.717, 1.165) is 21.4 Å². The van der Waals surface area contributed by atoms with Crippen LogP contribution in [0, 0.1) is 5.82 Å². The first-order valence-corrected chi connectivity index (χ1v) is 7.33. The Kier molecular flexibility index (Phi) is 5.07. The Hall–Kier alpha value is -1.75. The minimum Gasteiger partial charge on any atom is -0.494 e. The lowest BCUT2D eigenvalue weighted by Gasteiger charge is -2.19. The van der Waals surface area contributed by atoms with Crippen LogP contribution in [0.3, 0.4) is 0 Å². The molecule has 0 saturated heterocycles. The summed E-state index contributed by atoms with van der Waals surface area (Å²) in [5.41, 5.74) is 2.93. The fourth-order valence-corrected chi connectivity index (χ4v) is 2.42. The first kappa shape index (κ1) is 15.6. The summed E-state index contributed by atoms with van der Waals surface area (Å²) in [5.74, 6) is -0.0888. The number of hydrogen-bond donors (Lipinski definition) is 1. The molecule has 3 nitrogen and oxygen atoms in total. The van der Waals surface area contributed by atoms with Crippen LogP contribution in [-0.4, -0.2) is 21.2 Å².